The average molecular weight is 541 g/mol. The molecule has 0 N–H and O–H groups in total. The summed E-state index contributed by atoms with van der Waals surface area (Å²) in [6.07, 6.45) is 1.88. The zero-order valence-corrected chi connectivity index (χ0v) is 23.8. The fraction of sp³-hybridized carbons (Fsp3) is 0.700. The topological polar surface area (TPSA) is 107 Å². The second kappa shape index (κ2) is 10.5. The zero-order valence-electron chi connectivity index (χ0n) is 23.8. The Morgan fingerprint density at radius 2 is 1.92 bits per heavy atom. The smallest absolute Gasteiger partial charge is 0.308 e. The van der Waals surface area contributed by atoms with E-state index in [1.165, 1.54) is 4.90 Å². The van der Waals surface area contributed by atoms with E-state index < -0.39 is 36.0 Å². The van der Waals surface area contributed by atoms with Gasteiger partial charge in [0.05, 0.1) is 12.5 Å². The molecule has 2 bridgehead atoms. The molecule has 1 saturated carbocycles. The van der Waals surface area contributed by atoms with Crippen LogP contribution >= 0.6 is 0 Å². The fourth-order valence-electron chi connectivity index (χ4n) is 7.22. The van der Waals surface area contributed by atoms with Gasteiger partial charge < -0.3 is 19.1 Å². The van der Waals surface area contributed by atoms with E-state index in [9.17, 15) is 14.9 Å². The molecule has 9 heteroatoms. The van der Waals surface area contributed by atoms with Gasteiger partial charge in [-0.3, -0.25) is 9.59 Å². The van der Waals surface area contributed by atoms with Crippen LogP contribution in [0.1, 0.15) is 82.0 Å². The molecule has 0 radical (unpaired) electrons. The van der Waals surface area contributed by atoms with Gasteiger partial charge in [0.15, 0.2) is 11.9 Å². The molecule has 212 valence electrons. The van der Waals surface area contributed by atoms with Crippen LogP contribution in [0.5, 0.6) is 0 Å². The molecular weight excluding hydrogens is 500 g/mol. The molecule has 5 aliphatic rings. The summed E-state index contributed by atoms with van der Waals surface area (Å²) in [4.78, 5) is 39.2. The lowest BCUT2D eigenvalue weighted by Crippen LogP contribution is -2.70. The molecule has 3 unspecified atom stereocenters. The minimum Gasteiger partial charge on any atom is -0.435 e. The molecule has 0 aromatic heterocycles. The number of nitriles is 1. The van der Waals surface area contributed by atoms with Crippen LogP contribution in [0.4, 0.5) is 0 Å². The van der Waals surface area contributed by atoms with Gasteiger partial charge in [-0.1, -0.05) is 37.6 Å². The van der Waals surface area contributed by atoms with Crippen molar-refractivity contribution in [3.8, 4) is 6.07 Å². The number of rotatable bonds is 6. The quantitative estimate of drug-likeness (QED) is 0.372. The van der Waals surface area contributed by atoms with Crippen molar-refractivity contribution in [3.05, 3.63) is 34.9 Å². The van der Waals surface area contributed by atoms with E-state index in [0.29, 0.717) is 12.3 Å². The monoisotopic (exact) mass is 540 g/mol. The Morgan fingerprint density at radius 3 is 2.64 bits per heavy atom. The highest BCUT2D eigenvalue weighted by molar-refractivity contribution is 5.81. The first-order valence-corrected chi connectivity index (χ1v) is 14.1. The number of hydrogen-bond donors (Lipinski definition) is 0. The summed E-state index contributed by atoms with van der Waals surface area (Å²) in [6, 6.07) is 7.27. The largest absolute Gasteiger partial charge is 0.435 e. The van der Waals surface area contributed by atoms with Crippen LogP contribution in [-0.2, 0) is 33.6 Å². The van der Waals surface area contributed by atoms with Gasteiger partial charge in [-0.15, -0.1) is 0 Å². The standard InChI is InChI=1S/C30H40N2O7/c1-17-7-9-21(19(3)15-17)24(16-31)32(6)25(33)11-12-26(34)35-27-20(4)23-10-8-18(2)22-13-14-29(5)37-28(36-27)30(22,23)39-38-29/h7,9,15,18,20,22-24,27-28H,8,10-14H2,1-6H3/t18-,20-,22?,23?,24?,27-,28-,29+,30-/m1/s1. The Labute approximate surface area is 230 Å². The Balaban J connectivity index is 1.23. The third-order valence-electron chi connectivity index (χ3n) is 9.51. The number of esters is 1. The van der Waals surface area contributed by atoms with E-state index in [-0.39, 0.29) is 36.5 Å². The maximum atomic E-state index is 13.0. The first kappa shape index (κ1) is 28.0. The number of fused-ring (bicyclic) bond motifs is 2. The van der Waals surface area contributed by atoms with Crippen LogP contribution in [-0.4, -0.2) is 47.8 Å². The predicted octanol–water partition coefficient (Wildman–Crippen LogP) is 4.86. The Morgan fingerprint density at radius 1 is 1.15 bits per heavy atom. The third-order valence-corrected chi connectivity index (χ3v) is 9.51. The fourth-order valence-corrected chi connectivity index (χ4v) is 7.22. The third kappa shape index (κ3) is 4.86. The number of amides is 1. The number of benzene rings is 1. The van der Waals surface area contributed by atoms with Crippen molar-refractivity contribution in [2.24, 2.45) is 23.7 Å². The van der Waals surface area contributed by atoms with Crippen LogP contribution in [0.3, 0.4) is 0 Å². The predicted molar refractivity (Wildman–Crippen MR) is 139 cm³/mol. The lowest BCUT2D eigenvalue weighted by atomic mass is 9.58. The Kier molecular flexibility index (Phi) is 7.53. The minimum atomic E-state index is -0.906. The molecule has 5 fully saturated rings. The molecule has 1 aromatic carbocycles. The SMILES string of the molecule is Cc1ccc(C(C#N)N(C)C(=O)CCC(=O)O[C@@H]2O[C@@H]3O[C@]4(C)CCC5[C@H](C)CCC([C@H]2C)[C@]53OO4)c(C)c1. The number of carbonyl (C=O) groups excluding carboxylic acids is 2. The van der Waals surface area contributed by atoms with Gasteiger partial charge in [-0.25, -0.2) is 9.78 Å². The highest BCUT2D eigenvalue weighted by Crippen LogP contribution is 2.60. The molecule has 9 nitrogen and oxygen atoms in total. The minimum absolute atomic E-state index is 0.0415. The van der Waals surface area contributed by atoms with Gasteiger partial charge in [-0.05, 0) is 63.0 Å². The molecule has 1 amide bonds. The average Bonchev–Trinajstić information content (AvgIpc) is 3.13. The molecule has 1 aromatic rings. The molecular formula is C30H40N2O7. The van der Waals surface area contributed by atoms with E-state index in [1.807, 2.05) is 45.9 Å². The normalized spacial score (nSPS) is 37.7. The first-order chi connectivity index (χ1) is 18.5. The zero-order chi connectivity index (χ0) is 28.1. The maximum absolute atomic E-state index is 13.0. The number of carbonyl (C=O) groups is 2. The molecule has 6 rings (SSSR count). The molecule has 4 saturated heterocycles. The van der Waals surface area contributed by atoms with Gasteiger partial charge in [0.1, 0.15) is 6.04 Å². The summed E-state index contributed by atoms with van der Waals surface area (Å²) in [5.74, 6) is -1.16. The summed E-state index contributed by atoms with van der Waals surface area (Å²) in [7, 11) is 1.59. The van der Waals surface area contributed by atoms with Gasteiger partial charge in [0.2, 0.25) is 18.0 Å². The van der Waals surface area contributed by atoms with Crippen molar-refractivity contribution in [1.29, 1.82) is 5.26 Å². The van der Waals surface area contributed by atoms with E-state index in [4.69, 9.17) is 24.0 Å². The molecule has 1 aliphatic carbocycles. The van der Waals surface area contributed by atoms with Crippen LogP contribution in [0, 0.1) is 48.9 Å². The van der Waals surface area contributed by atoms with Crippen molar-refractivity contribution < 1.29 is 33.6 Å². The Hall–Kier alpha value is -2.51. The highest BCUT2D eigenvalue weighted by atomic mass is 17.3. The molecule has 9 atom stereocenters. The van der Waals surface area contributed by atoms with Crippen LogP contribution in [0.2, 0.25) is 0 Å². The number of aryl methyl sites for hydroxylation is 2. The van der Waals surface area contributed by atoms with Crippen LogP contribution in [0.15, 0.2) is 18.2 Å². The summed E-state index contributed by atoms with van der Waals surface area (Å²) in [5, 5.41) is 9.80. The number of hydrogen-bond acceptors (Lipinski definition) is 8. The lowest BCUT2D eigenvalue weighted by molar-refractivity contribution is -0.576. The van der Waals surface area contributed by atoms with Gasteiger partial charge >= 0.3 is 5.97 Å². The summed E-state index contributed by atoms with van der Waals surface area (Å²) < 4.78 is 18.4. The van der Waals surface area contributed by atoms with E-state index in [2.05, 4.69) is 13.0 Å². The van der Waals surface area contributed by atoms with Crippen molar-refractivity contribution in [3.63, 3.8) is 0 Å². The highest BCUT2D eigenvalue weighted by Gasteiger charge is 2.69. The number of ether oxygens (including phenoxy) is 3. The van der Waals surface area contributed by atoms with Crippen LogP contribution in [0.25, 0.3) is 0 Å². The van der Waals surface area contributed by atoms with Gasteiger partial charge in [0.25, 0.3) is 0 Å². The van der Waals surface area contributed by atoms with Crippen LogP contribution < -0.4 is 0 Å². The Bertz CT molecular complexity index is 1170. The second-order valence-electron chi connectivity index (χ2n) is 12.2. The molecule has 39 heavy (non-hydrogen) atoms. The molecule has 4 aliphatic heterocycles. The molecule has 1 spiro atoms. The van der Waals surface area contributed by atoms with Crippen molar-refractivity contribution in [1.82, 2.24) is 4.90 Å². The van der Waals surface area contributed by atoms with Crippen molar-refractivity contribution in [2.45, 2.75) is 103 Å². The van der Waals surface area contributed by atoms with Gasteiger partial charge in [-0.2, -0.15) is 5.26 Å². The first-order valence-electron chi connectivity index (χ1n) is 14.1. The number of nitrogens with zero attached hydrogens (tertiary/aromatic N) is 2. The van der Waals surface area contributed by atoms with E-state index in [0.717, 1.165) is 36.0 Å². The lowest BCUT2D eigenvalue weighted by Gasteiger charge is -2.59. The van der Waals surface area contributed by atoms with E-state index in [1.54, 1.807) is 7.05 Å². The van der Waals surface area contributed by atoms with E-state index >= 15 is 0 Å². The maximum Gasteiger partial charge on any atom is 0.308 e. The van der Waals surface area contributed by atoms with Gasteiger partial charge in [0, 0.05) is 31.7 Å². The second-order valence-corrected chi connectivity index (χ2v) is 12.2. The molecule has 4 heterocycles. The summed E-state index contributed by atoms with van der Waals surface area (Å²) >= 11 is 0. The van der Waals surface area contributed by atoms with Crippen molar-refractivity contribution >= 4 is 11.9 Å². The summed E-state index contributed by atoms with van der Waals surface area (Å²) in [6.45, 7) is 10.0. The summed E-state index contributed by atoms with van der Waals surface area (Å²) in [5.41, 5.74) is 2.08. The van der Waals surface area contributed by atoms with Crippen molar-refractivity contribution in [2.75, 3.05) is 7.05 Å².